The van der Waals surface area contributed by atoms with E-state index in [0.717, 1.165) is 0 Å². The molecule has 0 aliphatic carbocycles. The molecule has 3 radical (unpaired) electrons. The third-order valence-electron chi connectivity index (χ3n) is 0.518. The summed E-state index contributed by atoms with van der Waals surface area (Å²) in [6, 6.07) is -4.62. The molecular weight excluding hydrogens is 216 g/mol. The monoisotopic (exact) mass is 217 g/mol. The van der Waals surface area contributed by atoms with E-state index in [1.807, 2.05) is 0 Å². The number of ether oxygens (including phenoxy) is 1. The van der Waals surface area contributed by atoms with E-state index in [4.69, 9.17) is 0 Å². The fourth-order valence-electron chi connectivity index (χ4n) is 0.205. The second-order valence-corrected chi connectivity index (χ2v) is 1.54. The van der Waals surface area contributed by atoms with Crippen molar-refractivity contribution in [3.8, 4) is 0 Å². The Bertz CT molecular complexity index is 132. The molecule has 0 saturated carbocycles. The van der Waals surface area contributed by atoms with Crippen LogP contribution in [0.1, 0.15) is 0 Å². The average molecular weight is 217 g/mol. The van der Waals surface area contributed by atoms with Crippen LogP contribution in [0.2, 0.25) is 0 Å². The maximum atomic E-state index is 11.5. The summed E-state index contributed by atoms with van der Waals surface area (Å²) in [6.07, 6.45) is -9.55. The van der Waals surface area contributed by atoms with Gasteiger partial charge in [0.2, 0.25) is 0 Å². The molecule has 0 aromatic heterocycles. The van der Waals surface area contributed by atoms with Gasteiger partial charge in [-0.1, -0.05) is 0 Å². The molecule has 0 bridgehead atoms. The Morgan fingerprint density at radius 2 is 1.42 bits per heavy atom. The van der Waals surface area contributed by atoms with E-state index in [2.05, 4.69) is 12.6 Å². The molecule has 9 heteroatoms. The van der Waals surface area contributed by atoms with Crippen LogP contribution in [0.3, 0.4) is 0 Å². The second kappa shape index (κ2) is 5.20. The van der Waals surface area contributed by atoms with Crippen LogP contribution in [0.5, 0.6) is 0 Å². The largest absolute Gasteiger partial charge is 1.00 e. The predicted molar refractivity (Wildman–Crippen MR) is 22.7 cm³/mol. The smallest absolute Gasteiger partial charge is 0.483 e. The van der Waals surface area contributed by atoms with E-state index in [-0.39, 0.29) is 51.4 Å². The van der Waals surface area contributed by atoms with Crippen molar-refractivity contribution >= 4 is 7.85 Å². The van der Waals surface area contributed by atoms with Crippen molar-refractivity contribution in [3.63, 3.8) is 0 Å². The first-order valence-electron chi connectivity index (χ1n) is 2.18. The van der Waals surface area contributed by atoms with E-state index in [9.17, 15) is 26.3 Å². The summed E-state index contributed by atoms with van der Waals surface area (Å²) >= 11 is 0. The topological polar surface area (TPSA) is 9.23 Å². The minimum absolute atomic E-state index is 0. The van der Waals surface area contributed by atoms with Gasteiger partial charge in [0.05, 0.1) is 0 Å². The SMILES string of the molecule is [B-]C(F)(F)OC(F)C(F)(F)F.[K+]. The zero-order valence-electron chi connectivity index (χ0n) is 5.83. The van der Waals surface area contributed by atoms with Gasteiger partial charge in [0, 0.05) is 0 Å². The molecule has 0 fully saturated rings. The minimum atomic E-state index is -5.48. The van der Waals surface area contributed by atoms with Crippen molar-refractivity contribution in [2.45, 2.75) is 18.5 Å². The van der Waals surface area contributed by atoms with Crippen LogP contribution < -0.4 is 51.4 Å². The summed E-state index contributed by atoms with van der Waals surface area (Å²) in [5.41, 5.74) is 0. The summed E-state index contributed by atoms with van der Waals surface area (Å²) in [7, 11) is 3.64. The van der Waals surface area contributed by atoms with Crippen molar-refractivity contribution in [3.05, 3.63) is 0 Å². The molecule has 0 aromatic rings. The second-order valence-electron chi connectivity index (χ2n) is 1.54. The first-order valence-corrected chi connectivity index (χ1v) is 2.18. The maximum Gasteiger partial charge on any atom is 1.00 e. The normalized spacial score (nSPS) is 15.2. The van der Waals surface area contributed by atoms with E-state index in [1.54, 1.807) is 0 Å². The Morgan fingerprint density at radius 1 is 1.08 bits per heavy atom. The molecule has 0 N–H and O–H groups in total. The van der Waals surface area contributed by atoms with Gasteiger partial charge >= 0.3 is 57.6 Å². The minimum Gasteiger partial charge on any atom is -0.483 e. The standard InChI is InChI=1S/C3HBF6O.K/c4-3(9,10)11-1(5)2(6,7)8;/h1H;/q-1;+1. The zero-order valence-corrected chi connectivity index (χ0v) is 8.95. The molecule has 0 saturated heterocycles. The first-order chi connectivity index (χ1) is 4.63. The number of hydrogen-bond donors (Lipinski definition) is 0. The fraction of sp³-hybridized carbons (Fsp3) is 1.00. The molecule has 12 heavy (non-hydrogen) atoms. The molecule has 1 nitrogen and oxygen atoms in total. The van der Waals surface area contributed by atoms with Crippen LogP contribution in [-0.2, 0) is 4.74 Å². The first kappa shape index (κ1) is 15.7. The Hall–Kier alpha value is 1.24. The fourth-order valence-corrected chi connectivity index (χ4v) is 0.205. The van der Waals surface area contributed by atoms with E-state index in [1.165, 1.54) is 0 Å². The van der Waals surface area contributed by atoms with Crippen LogP contribution in [0.4, 0.5) is 26.3 Å². The summed E-state index contributed by atoms with van der Waals surface area (Å²) in [4.78, 5) is 0. The van der Waals surface area contributed by atoms with Gasteiger partial charge in [0.25, 0.3) is 6.36 Å². The van der Waals surface area contributed by atoms with Crippen LogP contribution in [0, 0.1) is 0 Å². The van der Waals surface area contributed by atoms with Crippen LogP contribution >= 0.6 is 0 Å². The molecule has 1 unspecified atom stereocenters. The summed E-state index contributed by atoms with van der Waals surface area (Å²) in [5, 5.41) is 0. The molecule has 0 amide bonds. The molecule has 0 aliphatic heterocycles. The number of halogens is 6. The van der Waals surface area contributed by atoms with E-state index < -0.39 is 18.5 Å². The third-order valence-corrected chi connectivity index (χ3v) is 0.518. The van der Waals surface area contributed by atoms with E-state index >= 15 is 0 Å². The number of alkyl halides is 6. The summed E-state index contributed by atoms with van der Waals surface area (Å²) in [6.45, 7) is 0. The number of hydrogen-bond acceptors (Lipinski definition) is 1. The van der Waals surface area contributed by atoms with Crippen molar-refractivity contribution in [2.24, 2.45) is 0 Å². The third kappa shape index (κ3) is 7.87. The zero-order chi connectivity index (χ0) is 9.28. The summed E-state index contributed by atoms with van der Waals surface area (Å²) in [5.74, 6) is 0. The van der Waals surface area contributed by atoms with Gasteiger partial charge in [-0.3, -0.25) is 0 Å². The Kier molecular flexibility index (Phi) is 6.81. The molecule has 0 rings (SSSR count). The van der Waals surface area contributed by atoms with Gasteiger partial charge in [-0.25, -0.2) is 13.2 Å². The quantitative estimate of drug-likeness (QED) is 0.407. The average Bonchev–Trinajstić information content (AvgIpc) is 1.56. The van der Waals surface area contributed by atoms with E-state index in [0.29, 0.717) is 0 Å². The van der Waals surface area contributed by atoms with Crippen molar-refractivity contribution < 1.29 is 82.5 Å². The van der Waals surface area contributed by atoms with Gasteiger partial charge < -0.3 is 12.6 Å². The summed E-state index contributed by atoms with van der Waals surface area (Å²) < 4.78 is 69.9. The predicted octanol–water partition coefficient (Wildman–Crippen LogP) is -1.42. The van der Waals surface area contributed by atoms with Crippen LogP contribution in [0.25, 0.3) is 0 Å². The molecule has 0 spiro atoms. The Labute approximate surface area is 108 Å². The Morgan fingerprint density at radius 3 is 1.50 bits per heavy atom. The molecule has 0 aliphatic rings. The van der Waals surface area contributed by atoms with Gasteiger partial charge in [-0.05, 0) is 0 Å². The Balaban J connectivity index is 0. The number of rotatable bonds is 2. The van der Waals surface area contributed by atoms with Crippen LogP contribution in [0.15, 0.2) is 0 Å². The van der Waals surface area contributed by atoms with Gasteiger partial charge in [0.1, 0.15) is 6.01 Å². The van der Waals surface area contributed by atoms with Gasteiger partial charge in [-0.15, -0.1) is 0 Å². The van der Waals surface area contributed by atoms with Crippen molar-refractivity contribution in [1.82, 2.24) is 0 Å². The maximum absolute atomic E-state index is 11.5. The van der Waals surface area contributed by atoms with Gasteiger partial charge in [0.15, 0.2) is 0 Å². The van der Waals surface area contributed by atoms with Crippen LogP contribution in [-0.4, -0.2) is 26.4 Å². The molecule has 1 atom stereocenters. The van der Waals surface area contributed by atoms with Gasteiger partial charge in [-0.2, -0.15) is 13.2 Å². The molecule has 0 heterocycles. The molecule has 65 valence electrons. The van der Waals surface area contributed by atoms with Crippen molar-refractivity contribution in [2.75, 3.05) is 0 Å². The molecule has 0 aromatic carbocycles. The molecular formula is C3HBF6KO. The van der Waals surface area contributed by atoms with Crippen molar-refractivity contribution in [1.29, 1.82) is 0 Å².